The maximum Gasteiger partial charge on any atom is 0.357 e. The highest BCUT2D eigenvalue weighted by Crippen LogP contribution is 2.14. The van der Waals surface area contributed by atoms with Crippen molar-refractivity contribution in [3.05, 3.63) is 29.6 Å². The largest absolute Gasteiger partial charge is 0.461 e. The van der Waals surface area contributed by atoms with Crippen LogP contribution in [0.4, 0.5) is 0 Å². The van der Waals surface area contributed by atoms with Gasteiger partial charge in [0.15, 0.2) is 0 Å². The van der Waals surface area contributed by atoms with E-state index in [1.807, 2.05) is 0 Å². The van der Waals surface area contributed by atoms with Gasteiger partial charge < -0.3 is 9.47 Å². The van der Waals surface area contributed by atoms with Crippen molar-refractivity contribution in [2.24, 2.45) is 0 Å². The van der Waals surface area contributed by atoms with Crippen molar-refractivity contribution in [3.63, 3.8) is 0 Å². The average Bonchev–Trinajstić information content (AvgIpc) is 2.80. The van der Waals surface area contributed by atoms with E-state index < -0.39 is 11.9 Å². The van der Waals surface area contributed by atoms with E-state index in [1.165, 1.54) is 96.0 Å². The minimum atomic E-state index is -0.530. The summed E-state index contributed by atoms with van der Waals surface area (Å²) >= 11 is 0. The van der Waals surface area contributed by atoms with Crippen molar-refractivity contribution in [2.45, 2.75) is 130 Å². The minimum absolute atomic E-state index is 0.126. The predicted octanol–water partition coefficient (Wildman–Crippen LogP) is 8.07. The zero-order valence-electron chi connectivity index (χ0n) is 21.4. The number of ether oxygens (including phenoxy) is 2. The summed E-state index contributed by atoms with van der Waals surface area (Å²) in [6, 6.07) is 4.72. The number of pyridine rings is 1. The quantitative estimate of drug-likeness (QED) is 0.145. The molecule has 0 aliphatic rings. The van der Waals surface area contributed by atoms with Crippen LogP contribution >= 0.6 is 0 Å². The summed E-state index contributed by atoms with van der Waals surface area (Å²) in [6.45, 7) is 6.20. The first-order valence-corrected chi connectivity index (χ1v) is 13.4. The fourth-order valence-corrected chi connectivity index (χ4v) is 3.83. The summed E-state index contributed by atoms with van der Waals surface area (Å²) in [5, 5.41) is 0. The van der Waals surface area contributed by atoms with Crippen LogP contribution in [0.25, 0.3) is 0 Å². The average molecular weight is 462 g/mol. The molecular formula is C28H47NO4. The van der Waals surface area contributed by atoms with Crippen LogP contribution < -0.4 is 0 Å². The van der Waals surface area contributed by atoms with E-state index >= 15 is 0 Å². The Labute approximate surface area is 202 Å². The number of aromatic nitrogens is 1. The van der Waals surface area contributed by atoms with Crippen molar-refractivity contribution in [2.75, 3.05) is 6.61 Å². The van der Waals surface area contributed by atoms with Gasteiger partial charge in [0.1, 0.15) is 11.4 Å². The molecule has 0 fully saturated rings. The highest BCUT2D eigenvalue weighted by molar-refractivity contribution is 5.91. The first-order chi connectivity index (χ1) is 16.0. The lowest BCUT2D eigenvalue weighted by molar-refractivity contribution is 0.0370. The van der Waals surface area contributed by atoms with Gasteiger partial charge in [-0.2, -0.15) is 0 Å². The molecule has 0 radical (unpaired) electrons. The first kappa shape index (κ1) is 29.1. The fourth-order valence-electron chi connectivity index (χ4n) is 3.83. The van der Waals surface area contributed by atoms with Crippen LogP contribution in [0, 0.1) is 0 Å². The van der Waals surface area contributed by atoms with Crippen LogP contribution in [0.15, 0.2) is 18.2 Å². The van der Waals surface area contributed by atoms with E-state index in [4.69, 9.17) is 9.47 Å². The Hall–Kier alpha value is -1.91. The number of esters is 2. The Morgan fingerprint density at radius 2 is 1.12 bits per heavy atom. The van der Waals surface area contributed by atoms with Gasteiger partial charge in [-0.25, -0.2) is 14.6 Å². The Morgan fingerprint density at radius 1 is 0.697 bits per heavy atom. The molecule has 0 N–H and O–H groups in total. The molecule has 0 spiro atoms. The lowest BCUT2D eigenvalue weighted by Crippen LogP contribution is -2.15. The molecule has 188 valence electrons. The van der Waals surface area contributed by atoms with Crippen molar-refractivity contribution in [3.8, 4) is 0 Å². The fraction of sp³-hybridized carbons (Fsp3) is 0.750. The summed E-state index contributed by atoms with van der Waals surface area (Å²) < 4.78 is 10.4. The maximum absolute atomic E-state index is 12.2. The van der Waals surface area contributed by atoms with Crippen LogP contribution in [0.2, 0.25) is 0 Å². The SMILES string of the molecule is CCCCCCCCCCCCCCCCCCOC(=O)c1cccc(C(=O)OC(C)C)n1. The standard InChI is InChI=1S/C28H47NO4/c1-4-5-6-7-8-9-10-11-12-13-14-15-16-17-18-19-23-32-27(30)25-21-20-22-26(29-25)28(31)33-24(2)3/h20-22,24H,4-19,23H2,1-3H3. The molecule has 1 aromatic heterocycles. The third-order valence-corrected chi connectivity index (χ3v) is 5.74. The van der Waals surface area contributed by atoms with Crippen LogP contribution in [-0.4, -0.2) is 29.6 Å². The molecule has 0 aliphatic carbocycles. The molecule has 0 aliphatic heterocycles. The summed E-state index contributed by atoms with van der Waals surface area (Å²) in [5.74, 6) is -1.02. The van der Waals surface area contributed by atoms with Crippen LogP contribution in [0.3, 0.4) is 0 Å². The zero-order valence-corrected chi connectivity index (χ0v) is 21.4. The number of hydrogen-bond acceptors (Lipinski definition) is 5. The number of rotatable bonds is 20. The van der Waals surface area contributed by atoms with E-state index in [1.54, 1.807) is 26.0 Å². The van der Waals surface area contributed by atoms with Crippen molar-refractivity contribution in [1.29, 1.82) is 0 Å². The molecule has 0 saturated carbocycles. The third kappa shape index (κ3) is 15.5. The Morgan fingerprint density at radius 3 is 1.58 bits per heavy atom. The Bertz CT molecular complexity index is 645. The van der Waals surface area contributed by atoms with E-state index in [0.717, 1.165) is 12.8 Å². The lowest BCUT2D eigenvalue weighted by Gasteiger charge is -2.08. The number of hydrogen-bond donors (Lipinski definition) is 0. The van der Waals surface area contributed by atoms with Gasteiger partial charge in [-0.05, 0) is 32.4 Å². The second-order valence-corrected chi connectivity index (χ2v) is 9.30. The van der Waals surface area contributed by atoms with Gasteiger partial charge in [-0.15, -0.1) is 0 Å². The van der Waals surface area contributed by atoms with Crippen LogP contribution in [-0.2, 0) is 9.47 Å². The van der Waals surface area contributed by atoms with E-state index in [2.05, 4.69) is 11.9 Å². The molecule has 5 nitrogen and oxygen atoms in total. The molecule has 5 heteroatoms. The van der Waals surface area contributed by atoms with Crippen molar-refractivity contribution >= 4 is 11.9 Å². The van der Waals surface area contributed by atoms with E-state index in [-0.39, 0.29) is 17.5 Å². The van der Waals surface area contributed by atoms with E-state index in [9.17, 15) is 9.59 Å². The molecule has 0 bridgehead atoms. The molecule has 1 heterocycles. The molecule has 0 saturated heterocycles. The van der Waals surface area contributed by atoms with Crippen molar-refractivity contribution in [1.82, 2.24) is 4.98 Å². The number of unbranched alkanes of at least 4 members (excludes halogenated alkanes) is 15. The summed E-state index contributed by atoms with van der Waals surface area (Å²) in [5.41, 5.74) is 0.269. The van der Waals surface area contributed by atoms with Gasteiger partial charge in [0, 0.05) is 0 Å². The Balaban J connectivity index is 1.96. The summed E-state index contributed by atoms with van der Waals surface area (Å²) in [4.78, 5) is 28.2. The minimum Gasteiger partial charge on any atom is -0.461 e. The predicted molar refractivity (Wildman–Crippen MR) is 135 cm³/mol. The lowest BCUT2D eigenvalue weighted by atomic mass is 10.0. The zero-order chi connectivity index (χ0) is 24.2. The number of carbonyl (C=O) groups excluding carboxylic acids is 2. The molecule has 1 rings (SSSR count). The molecule has 1 aromatic rings. The monoisotopic (exact) mass is 461 g/mol. The van der Waals surface area contributed by atoms with Gasteiger partial charge in [-0.1, -0.05) is 109 Å². The van der Waals surface area contributed by atoms with Gasteiger partial charge in [0.2, 0.25) is 0 Å². The molecule has 0 unspecified atom stereocenters. The van der Waals surface area contributed by atoms with Gasteiger partial charge in [-0.3, -0.25) is 0 Å². The van der Waals surface area contributed by atoms with Gasteiger partial charge in [0.05, 0.1) is 12.7 Å². The topological polar surface area (TPSA) is 65.5 Å². The van der Waals surface area contributed by atoms with Crippen LogP contribution in [0.1, 0.15) is 144 Å². The molecule has 0 amide bonds. The van der Waals surface area contributed by atoms with Crippen LogP contribution in [0.5, 0.6) is 0 Å². The molecule has 33 heavy (non-hydrogen) atoms. The number of carbonyl (C=O) groups is 2. The molecule has 0 aromatic carbocycles. The molecular weight excluding hydrogens is 414 g/mol. The second-order valence-electron chi connectivity index (χ2n) is 9.30. The van der Waals surface area contributed by atoms with Crippen molar-refractivity contribution < 1.29 is 19.1 Å². The summed E-state index contributed by atoms with van der Waals surface area (Å²) in [7, 11) is 0. The van der Waals surface area contributed by atoms with Gasteiger partial charge in [0.25, 0.3) is 0 Å². The summed E-state index contributed by atoms with van der Waals surface area (Å²) in [6.07, 6.45) is 20.8. The Kier molecular flexibility index (Phi) is 17.3. The highest BCUT2D eigenvalue weighted by atomic mass is 16.5. The third-order valence-electron chi connectivity index (χ3n) is 5.74. The van der Waals surface area contributed by atoms with E-state index in [0.29, 0.717) is 6.61 Å². The first-order valence-electron chi connectivity index (χ1n) is 13.4. The highest BCUT2D eigenvalue weighted by Gasteiger charge is 2.15. The maximum atomic E-state index is 12.2. The molecule has 0 atom stereocenters. The number of nitrogens with zero attached hydrogens (tertiary/aromatic N) is 1. The second kappa shape index (κ2) is 19.5. The smallest absolute Gasteiger partial charge is 0.357 e. The normalized spacial score (nSPS) is 11.0. The van der Waals surface area contributed by atoms with Gasteiger partial charge >= 0.3 is 11.9 Å².